The molecule has 1 aromatic heterocycles. The Bertz CT molecular complexity index is 472. The molecule has 3 nitrogen and oxygen atoms in total. The number of nitrogens with zero attached hydrogens (tertiary/aromatic N) is 1. The van der Waals surface area contributed by atoms with Gasteiger partial charge in [-0.1, -0.05) is 0 Å². The molecule has 0 aliphatic heterocycles. The maximum atomic E-state index is 12.9. The van der Waals surface area contributed by atoms with Crippen molar-refractivity contribution in [3.63, 3.8) is 0 Å². The van der Waals surface area contributed by atoms with E-state index in [0.29, 0.717) is 13.2 Å². The lowest BCUT2D eigenvalue weighted by Gasteiger charge is -1.99. The number of aromatic nitrogens is 1. The van der Waals surface area contributed by atoms with Crippen molar-refractivity contribution in [1.29, 1.82) is 0 Å². The molecule has 0 spiro atoms. The number of fused-ring (bicyclic) bond motifs is 1. The highest BCUT2D eigenvalue weighted by Gasteiger charge is 2.04. The normalized spacial score (nSPS) is 11.1. The van der Waals surface area contributed by atoms with E-state index in [1.807, 2.05) is 0 Å². The van der Waals surface area contributed by atoms with Gasteiger partial charge in [-0.2, -0.15) is 0 Å². The van der Waals surface area contributed by atoms with Crippen molar-refractivity contribution in [2.75, 3.05) is 20.3 Å². The zero-order valence-corrected chi connectivity index (χ0v) is 9.81. The highest BCUT2D eigenvalue weighted by Crippen LogP contribution is 2.22. The summed E-state index contributed by atoms with van der Waals surface area (Å²) >= 11 is 1.52. The molecule has 0 unspecified atom stereocenters. The maximum Gasteiger partial charge on any atom is 0.124 e. The fourth-order valence-electron chi connectivity index (χ4n) is 1.39. The van der Waals surface area contributed by atoms with Gasteiger partial charge in [0.2, 0.25) is 0 Å². The van der Waals surface area contributed by atoms with E-state index >= 15 is 0 Å². The van der Waals surface area contributed by atoms with Gasteiger partial charge in [-0.15, -0.1) is 11.3 Å². The number of hydrogen-bond acceptors (Lipinski definition) is 4. The van der Waals surface area contributed by atoms with Crippen molar-refractivity contribution in [3.8, 4) is 0 Å². The molecule has 0 radical (unpaired) electrons. The molecule has 1 heterocycles. The van der Waals surface area contributed by atoms with Crippen LogP contribution in [-0.2, 0) is 11.3 Å². The van der Waals surface area contributed by atoms with E-state index in [2.05, 4.69) is 10.3 Å². The van der Waals surface area contributed by atoms with Crippen molar-refractivity contribution >= 4 is 21.6 Å². The predicted molar refractivity (Wildman–Crippen MR) is 63.2 cm³/mol. The largest absolute Gasteiger partial charge is 0.383 e. The fraction of sp³-hybridized carbons (Fsp3) is 0.364. The first-order valence-electron chi connectivity index (χ1n) is 5.04. The summed E-state index contributed by atoms with van der Waals surface area (Å²) in [5, 5.41) is 4.18. The second-order valence-corrected chi connectivity index (χ2v) is 4.50. The Kier molecular flexibility index (Phi) is 3.82. The summed E-state index contributed by atoms with van der Waals surface area (Å²) in [5.41, 5.74) is 0.856. The van der Waals surface area contributed by atoms with Crippen LogP contribution < -0.4 is 5.32 Å². The van der Waals surface area contributed by atoms with Gasteiger partial charge in [-0.25, -0.2) is 9.37 Å². The zero-order chi connectivity index (χ0) is 11.4. The summed E-state index contributed by atoms with van der Waals surface area (Å²) in [6.45, 7) is 2.17. The van der Waals surface area contributed by atoms with Crippen molar-refractivity contribution < 1.29 is 9.13 Å². The second kappa shape index (κ2) is 5.34. The van der Waals surface area contributed by atoms with Gasteiger partial charge in [0.15, 0.2) is 0 Å². The molecule has 0 bridgehead atoms. The fourth-order valence-corrected chi connectivity index (χ4v) is 2.35. The van der Waals surface area contributed by atoms with E-state index in [1.165, 1.54) is 23.5 Å². The predicted octanol–water partition coefficient (Wildman–Crippen LogP) is 2.17. The molecule has 1 aromatic carbocycles. The van der Waals surface area contributed by atoms with Crippen LogP contribution in [0.5, 0.6) is 0 Å². The summed E-state index contributed by atoms with van der Waals surface area (Å²) in [6.07, 6.45) is 0. The van der Waals surface area contributed by atoms with E-state index < -0.39 is 0 Å². The molecule has 2 rings (SSSR count). The Hall–Kier alpha value is -1.04. The number of nitrogens with one attached hydrogen (secondary N) is 1. The van der Waals surface area contributed by atoms with E-state index in [0.717, 1.165) is 21.8 Å². The third-order valence-corrected chi connectivity index (χ3v) is 3.17. The standard InChI is InChI=1S/C11H13FN2OS/c1-15-5-4-13-7-11-14-9-3-2-8(12)6-10(9)16-11/h2-3,6,13H,4-5,7H2,1H3. The molecule has 86 valence electrons. The summed E-state index contributed by atoms with van der Waals surface area (Å²) in [7, 11) is 1.67. The summed E-state index contributed by atoms with van der Waals surface area (Å²) in [5.74, 6) is -0.213. The first-order valence-corrected chi connectivity index (χ1v) is 5.86. The van der Waals surface area contributed by atoms with Crippen LogP contribution in [0.25, 0.3) is 10.2 Å². The van der Waals surface area contributed by atoms with Crippen LogP contribution >= 0.6 is 11.3 Å². The number of rotatable bonds is 5. The minimum atomic E-state index is -0.213. The number of ether oxygens (including phenoxy) is 1. The van der Waals surface area contributed by atoms with Crippen LogP contribution in [0.1, 0.15) is 5.01 Å². The topological polar surface area (TPSA) is 34.1 Å². The molecule has 0 aliphatic carbocycles. The number of thiazole rings is 1. The molecular formula is C11H13FN2OS. The van der Waals surface area contributed by atoms with Gasteiger partial charge < -0.3 is 10.1 Å². The molecule has 0 amide bonds. The van der Waals surface area contributed by atoms with Gasteiger partial charge in [-0.05, 0) is 18.2 Å². The van der Waals surface area contributed by atoms with E-state index in [4.69, 9.17) is 4.74 Å². The third-order valence-electron chi connectivity index (χ3n) is 2.15. The van der Waals surface area contributed by atoms with Crippen molar-refractivity contribution in [3.05, 3.63) is 29.0 Å². The van der Waals surface area contributed by atoms with E-state index in [1.54, 1.807) is 13.2 Å². The monoisotopic (exact) mass is 240 g/mol. The van der Waals surface area contributed by atoms with Crippen LogP contribution in [0.2, 0.25) is 0 Å². The van der Waals surface area contributed by atoms with Gasteiger partial charge >= 0.3 is 0 Å². The van der Waals surface area contributed by atoms with Crippen LogP contribution in [0.4, 0.5) is 4.39 Å². The lowest BCUT2D eigenvalue weighted by molar-refractivity contribution is 0.199. The molecule has 0 fully saturated rings. The van der Waals surface area contributed by atoms with Crippen LogP contribution in [-0.4, -0.2) is 25.2 Å². The van der Waals surface area contributed by atoms with Gasteiger partial charge in [0.25, 0.3) is 0 Å². The molecule has 5 heteroatoms. The Balaban J connectivity index is 2.02. The summed E-state index contributed by atoms with van der Waals surface area (Å²) in [4.78, 5) is 4.40. The zero-order valence-electron chi connectivity index (χ0n) is 9.00. The van der Waals surface area contributed by atoms with Gasteiger partial charge in [-0.3, -0.25) is 0 Å². The third kappa shape index (κ3) is 2.75. The smallest absolute Gasteiger partial charge is 0.124 e. The van der Waals surface area contributed by atoms with Crippen LogP contribution in [0, 0.1) is 5.82 Å². The molecule has 2 aromatic rings. The lowest BCUT2D eigenvalue weighted by atomic mass is 10.3. The Morgan fingerprint density at radius 2 is 2.38 bits per heavy atom. The molecule has 0 saturated heterocycles. The van der Waals surface area contributed by atoms with Gasteiger partial charge in [0, 0.05) is 20.2 Å². The van der Waals surface area contributed by atoms with Gasteiger partial charge in [0.1, 0.15) is 10.8 Å². The minimum absolute atomic E-state index is 0.213. The minimum Gasteiger partial charge on any atom is -0.383 e. The highest BCUT2D eigenvalue weighted by molar-refractivity contribution is 7.18. The Morgan fingerprint density at radius 3 is 3.19 bits per heavy atom. The number of hydrogen-bond donors (Lipinski definition) is 1. The molecule has 16 heavy (non-hydrogen) atoms. The Morgan fingerprint density at radius 1 is 1.50 bits per heavy atom. The van der Waals surface area contributed by atoms with Gasteiger partial charge in [0.05, 0.1) is 16.8 Å². The quantitative estimate of drug-likeness (QED) is 0.813. The Labute approximate surface area is 97.3 Å². The average molecular weight is 240 g/mol. The van der Waals surface area contributed by atoms with Crippen LogP contribution in [0.3, 0.4) is 0 Å². The molecule has 0 atom stereocenters. The molecule has 1 N–H and O–H groups in total. The first kappa shape index (κ1) is 11.4. The van der Waals surface area contributed by atoms with E-state index in [-0.39, 0.29) is 5.82 Å². The second-order valence-electron chi connectivity index (χ2n) is 3.39. The maximum absolute atomic E-state index is 12.9. The summed E-state index contributed by atoms with van der Waals surface area (Å²) < 4.78 is 18.8. The number of methoxy groups -OCH3 is 1. The number of benzene rings is 1. The molecule has 0 aliphatic rings. The van der Waals surface area contributed by atoms with E-state index in [9.17, 15) is 4.39 Å². The van der Waals surface area contributed by atoms with Crippen molar-refractivity contribution in [2.24, 2.45) is 0 Å². The molecular weight excluding hydrogens is 227 g/mol. The summed E-state index contributed by atoms with van der Waals surface area (Å²) in [6, 6.07) is 4.66. The number of halogens is 1. The lowest BCUT2D eigenvalue weighted by Crippen LogP contribution is -2.18. The van der Waals surface area contributed by atoms with Crippen molar-refractivity contribution in [2.45, 2.75) is 6.54 Å². The first-order chi connectivity index (χ1) is 7.79. The average Bonchev–Trinajstić information content (AvgIpc) is 2.66. The SMILES string of the molecule is COCCNCc1nc2ccc(F)cc2s1. The van der Waals surface area contributed by atoms with Crippen molar-refractivity contribution in [1.82, 2.24) is 10.3 Å². The van der Waals surface area contributed by atoms with Crippen LogP contribution in [0.15, 0.2) is 18.2 Å². The highest BCUT2D eigenvalue weighted by atomic mass is 32.1. The molecule has 0 saturated carbocycles.